The number of carbonyl (C=O) groups is 1. The third-order valence-electron chi connectivity index (χ3n) is 4.66. The highest BCUT2D eigenvalue weighted by molar-refractivity contribution is 9.10. The van der Waals surface area contributed by atoms with Crippen molar-refractivity contribution in [2.75, 3.05) is 13.7 Å². The van der Waals surface area contributed by atoms with Crippen LogP contribution >= 0.6 is 15.9 Å². The fourth-order valence-corrected chi connectivity index (χ4v) is 3.98. The molecule has 0 radical (unpaired) electrons. The summed E-state index contributed by atoms with van der Waals surface area (Å²) < 4.78 is 6.13. The first-order valence-corrected chi connectivity index (χ1v) is 8.98. The fraction of sp³-hybridized carbons (Fsp3) is 0.300. The normalized spacial score (nSPS) is 20.0. The Labute approximate surface area is 155 Å². The molecule has 130 valence electrons. The summed E-state index contributed by atoms with van der Waals surface area (Å²) in [6.45, 7) is -0.228. The van der Waals surface area contributed by atoms with Gasteiger partial charge < -0.3 is 9.84 Å². The van der Waals surface area contributed by atoms with Gasteiger partial charge in [0.15, 0.2) is 5.54 Å². The molecule has 5 heteroatoms. The lowest BCUT2D eigenvalue weighted by atomic mass is 9.78. The van der Waals surface area contributed by atoms with Crippen molar-refractivity contribution in [1.29, 1.82) is 0 Å². The SMILES string of the molecule is COC(=O)[C@]1(/N=C(/CO)c2ccccc2)CCc2c(Br)cccc2C1. The molecule has 1 aliphatic carbocycles. The number of esters is 1. The zero-order valence-corrected chi connectivity index (χ0v) is 15.6. The molecule has 2 aromatic carbocycles. The Kier molecular flexibility index (Phi) is 5.35. The molecule has 0 saturated carbocycles. The maximum Gasteiger partial charge on any atom is 0.334 e. The van der Waals surface area contributed by atoms with Crippen molar-refractivity contribution in [3.63, 3.8) is 0 Å². The Balaban J connectivity index is 2.06. The summed E-state index contributed by atoms with van der Waals surface area (Å²) >= 11 is 3.58. The highest BCUT2D eigenvalue weighted by atomic mass is 79.9. The monoisotopic (exact) mass is 401 g/mol. The van der Waals surface area contributed by atoms with E-state index in [0.717, 1.165) is 22.0 Å². The predicted octanol–water partition coefficient (Wildman–Crippen LogP) is 3.33. The number of aliphatic hydroxyl groups is 1. The van der Waals surface area contributed by atoms with E-state index in [9.17, 15) is 9.90 Å². The molecule has 0 amide bonds. The smallest absolute Gasteiger partial charge is 0.334 e. The van der Waals surface area contributed by atoms with Crippen molar-refractivity contribution in [1.82, 2.24) is 0 Å². The van der Waals surface area contributed by atoms with Crippen molar-refractivity contribution in [3.05, 3.63) is 69.7 Å². The second-order valence-electron chi connectivity index (χ2n) is 6.16. The lowest BCUT2D eigenvalue weighted by molar-refractivity contribution is -0.147. The van der Waals surface area contributed by atoms with Crippen LogP contribution in [0.25, 0.3) is 0 Å². The third kappa shape index (κ3) is 3.53. The number of rotatable bonds is 4. The minimum Gasteiger partial charge on any atom is -0.467 e. The second-order valence-corrected chi connectivity index (χ2v) is 7.01. The van der Waals surface area contributed by atoms with E-state index < -0.39 is 5.54 Å². The van der Waals surface area contributed by atoms with Gasteiger partial charge in [0.2, 0.25) is 0 Å². The first-order valence-electron chi connectivity index (χ1n) is 8.19. The summed E-state index contributed by atoms with van der Waals surface area (Å²) in [6, 6.07) is 15.4. The standard InChI is InChI=1S/C20H20BrNO3/c1-25-19(24)20(22-18(13-23)14-6-3-2-4-7-14)11-10-16-15(12-20)8-5-9-17(16)21/h2-9,23H,10-13H2,1H3/b22-18-/t20-/m0/s1. The Morgan fingerprint density at radius 2 is 2.00 bits per heavy atom. The Hall–Kier alpha value is -1.98. The van der Waals surface area contributed by atoms with Crippen LogP contribution in [-0.2, 0) is 22.4 Å². The topological polar surface area (TPSA) is 58.9 Å². The Morgan fingerprint density at radius 1 is 1.24 bits per heavy atom. The summed E-state index contributed by atoms with van der Waals surface area (Å²) in [5.41, 5.74) is 2.61. The van der Waals surface area contributed by atoms with Crippen molar-refractivity contribution >= 4 is 27.6 Å². The van der Waals surface area contributed by atoms with Crippen LogP contribution in [-0.4, -0.2) is 36.0 Å². The highest BCUT2D eigenvalue weighted by Crippen LogP contribution is 2.36. The summed E-state index contributed by atoms with van der Waals surface area (Å²) in [5, 5.41) is 9.83. The highest BCUT2D eigenvalue weighted by Gasteiger charge is 2.43. The average molecular weight is 402 g/mol. The first kappa shape index (κ1) is 17.8. The molecular weight excluding hydrogens is 382 g/mol. The molecule has 1 aliphatic rings. The molecule has 3 rings (SSSR count). The van der Waals surface area contributed by atoms with Gasteiger partial charge in [-0.2, -0.15) is 0 Å². The molecule has 0 unspecified atom stereocenters. The van der Waals surface area contributed by atoms with E-state index in [1.54, 1.807) is 0 Å². The van der Waals surface area contributed by atoms with E-state index >= 15 is 0 Å². The van der Waals surface area contributed by atoms with Crippen LogP contribution in [0.5, 0.6) is 0 Å². The summed E-state index contributed by atoms with van der Waals surface area (Å²) in [7, 11) is 1.39. The number of carbonyl (C=O) groups excluding carboxylic acids is 1. The van der Waals surface area contributed by atoms with Crippen LogP contribution in [0.4, 0.5) is 0 Å². The van der Waals surface area contributed by atoms with Crippen LogP contribution in [0, 0.1) is 0 Å². The van der Waals surface area contributed by atoms with Crippen molar-refractivity contribution < 1.29 is 14.6 Å². The molecular formula is C20H20BrNO3. The molecule has 1 N–H and O–H groups in total. The van der Waals surface area contributed by atoms with E-state index in [2.05, 4.69) is 15.9 Å². The van der Waals surface area contributed by atoms with E-state index in [1.165, 1.54) is 12.7 Å². The molecule has 0 aliphatic heterocycles. The van der Waals surface area contributed by atoms with Gasteiger partial charge in [0, 0.05) is 10.9 Å². The molecule has 4 nitrogen and oxygen atoms in total. The number of hydrogen-bond acceptors (Lipinski definition) is 4. The minimum absolute atomic E-state index is 0.228. The Bertz CT molecular complexity index is 804. The van der Waals surface area contributed by atoms with Crippen LogP contribution < -0.4 is 0 Å². The molecule has 0 saturated heterocycles. The van der Waals surface area contributed by atoms with Crippen LogP contribution in [0.3, 0.4) is 0 Å². The van der Waals surface area contributed by atoms with Gasteiger partial charge in [0.1, 0.15) is 0 Å². The van der Waals surface area contributed by atoms with Crippen molar-refractivity contribution in [2.45, 2.75) is 24.8 Å². The first-order chi connectivity index (χ1) is 12.1. The van der Waals surface area contributed by atoms with Crippen molar-refractivity contribution in [3.8, 4) is 0 Å². The zero-order valence-electron chi connectivity index (χ0n) is 14.0. The van der Waals surface area contributed by atoms with Crippen LogP contribution in [0.1, 0.15) is 23.1 Å². The largest absolute Gasteiger partial charge is 0.467 e. The lowest BCUT2D eigenvalue weighted by Crippen LogP contribution is -2.44. The predicted molar refractivity (Wildman–Crippen MR) is 101 cm³/mol. The van der Waals surface area contributed by atoms with E-state index in [4.69, 9.17) is 9.73 Å². The zero-order chi connectivity index (χ0) is 17.9. The van der Waals surface area contributed by atoms with Gasteiger partial charge in [-0.15, -0.1) is 0 Å². The number of nitrogens with zero attached hydrogens (tertiary/aromatic N) is 1. The quantitative estimate of drug-likeness (QED) is 0.631. The van der Waals surface area contributed by atoms with Gasteiger partial charge in [-0.1, -0.05) is 58.4 Å². The third-order valence-corrected chi connectivity index (χ3v) is 5.40. The molecule has 25 heavy (non-hydrogen) atoms. The van der Waals surface area contributed by atoms with Gasteiger partial charge in [0.25, 0.3) is 0 Å². The number of fused-ring (bicyclic) bond motifs is 1. The molecule has 0 fully saturated rings. The molecule has 2 aromatic rings. The van der Waals surface area contributed by atoms with Gasteiger partial charge in [-0.25, -0.2) is 4.79 Å². The van der Waals surface area contributed by atoms with Gasteiger partial charge >= 0.3 is 5.97 Å². The summed E-state index contributed by atoms with van der Waals surface area (Å²) in [6.07, 6.45) is 1.74. The average Bonchev–Trinajstić information content (AvgIpc) is 2.66. The van der Waals surface area contributed by atoms with Gasteiger partial charge in [-0.3, -0.25) is 4.99 Å². The van der Waals surface area contributed by atoms with Gasteiger partial charge in [0.05, 0.1) is 19.4 Å². The maximum absolute atomic E-state index is 12.6. The molecule has 0 aromatic heterocycles. The van der Waals surface area contributed by atoms with E-state index in [0.29, 0.717) is 18.6 Å². The van der Waals surface area contributed by atoms with E-state index in [-0.39, 0.29) is 12.6 Å². The number of benzene rings is 2. The molecule has 0 bridgehead atoms. The number of aliphatic hydroxyl groups excluding tert-OH is 1. The number of methoxy groups -OCH3 is 1. The number of ether oxygens (including phenoxy) is 1. The number of halogens is 1. The molecule has 0 spiro atoms. The summed E-state index contributed by atoms with van der Waals surface area (Å²) in [5.74, 6) is -0.361. The van der Waals surface area contributed by atoms with Crippen molar-refractivity contribution in [2.24, 2.45) is 4.99 Å². The van der Waals surface area contributed by atoms with Crippen LogP contribution in [0.15, 0.2) is 58.0 Å². The van der Waals surface area contributed by atoms with E-state index in [1.807, 2.05) is 48.5 Å². The van der Waals surface area contributed by atoms with Gasteiger partial charge in [-0.05, 0) is 35.6 Å². The fourth-order valence-electron chi connectivity index (χ4n) is 3.37. The number of aliphatic imine (C=N–C) groups is 1. The minimum atomic E-state index is -1.00. The number of hydrogen-bond donors (Lipinski definition) is 1. The van der Waals surface area contributed by atoms with Crippen LogP contribution in [0.2, 0.25) is 0 Å². The molecule has 1 atom stereocenters. The summed E-state index contributed by atoms with van der Waals surface area (Å²) in [4.78, 5) is 17.4. The molecule has 0 heterocycles. The Morgan fingerprint density at radius 3 is 2.68 bits per heavy atom. The lowest BCUT2D eigenvalue weighted by Gasteiger charge is -2.33. The maximum atomic E-state index is 12.6. The second kappa shape index (κ2) is 7.50.